The van der Waals surface area contributed by atoms with Gasteiger partial charge in [-0.05, 0) is 40.0 Å². The number of aromatic nitrogens is 20. The second-order valence-corrected chi connectivity index (χ2v) is 37.0. The highest BCUT2D eigenvalue weighted by Crippen LogP contribution is 2.46. The van der Waals surface area contributed by atoms with Crippen LogP contribution in [-0.2, 0) is 149 Å². The highest BCUT2D eigenvalue weighted by atomic mass is 31.2. The van der Waals surface area contributed by atoms with Gasteiger partial charge in [0.2, 0.25) is 0 Å². The van der Waals surface area contributed by atoms with Gasteiger partial charge in [-0.3, -0.25) is 22.8 Å². The van der Waals surface area contributed by atoms with Gasteiger partial charge < -0.3 is 170 Å². The molecule has 7 unspecified atom stereocenters. The molecule has 10 heterocycles. The third kappa shape index (κ3) is 40.5. The predicted molar refractivity (Wildman–Crippen MR) is 473 cm³/mol. The van der Waals surface area contributed by atoms with Crippen LogP contribution in [0.2, 0.25) is 0 Å². The van der Waals surface area contributed by atoms with Crippen LogP contribution in [0.4, 0.5) is 29.1 Å². The minimum absolute atomic E-state index is 0.00490. The van der Waals surface area contributed by atoms with Crippen LogP contribution >= 0.6 is 38.0 Å². The molecule has 0 saturated carbocycles. The summed E-state index contributed by atoms with van der Waals surface area (Å²) in [6.45, 7) is 10.9. The van der Waals surface area contributed by atoms with Gasteiger partial charge in [0.05, 0.1) is 180 Å². The molecule has 60 heteroatoms. The first-order valence-electron chi connectivity index (χ1n) is 40.3. The van der Waals surface area contributed by atoms with Gasteiger partial charge >= 0.3 is 38.0 Å². The van der Waals surface area contributed by atoms with Crippen LogP contribution < -0.4 is 28.7 Å². The standard InChI is InChI=1S/C16H28N5O6P.C15H26N5O6P.C14H24N5O6P.2C13H22N5O6P/c1-12(2)25-8-13(26-11-28(22,23)27-6-4-5-24-3)7-21-10-20-14-15(17)18-9-19-16(14)21;1-3-24-8-12(25-11-27(21,22)26-6-4-5-23-2)7-20-10-19-13-14(16)17-9-18-15(13)20;1-22-4-3-5-25-26(20,21)10-24-11(7-23-2)6-19-9-18-12-13(15)16-8-17-14(12)19;2*1-21-3-4-24-25(19,20)9-23-10(6-22-2)5-18-8-17-11-12(14)15-7-16-13(11)18/h9-10,12-13H,4-8,11H2,1-3H3,(H,22,23)(H2,17,18,19);9-10,12H,3-8,11H2,1-2H3,(H,21,22)(H2,16,17,18);8-9,11H,3-7,10H2,1-2H3,(H,20,21)(H2,15,16,17);2*7-8,10H,3-6,9H2,1-2H3,(H,19,20)(H2,14,15,16)/t;;11-;2*10-/m..010/s1. The number of hydrogen-bond donors (Lipinski definition) is 10. The van der Waals surface area contributed by atoms with Crippen molar-refractivity contribution in [1.29, 1.82) is 0 Å². The van der Waals surface area contributed by atoms with E-state index in [0.717, 1.165) is 0 Å². The summed E-state index contributed by atoms with van der Waals surface area (Å²) in [4.78, 5) is 110. The minimum Gasteiger partial charge on any atom is -0.385 e. The van der Waals surface area contributed by atoms with E-state index in [0.29, 0.717) is 134 Å². The Morgan fingerprint density at radius 1 is 0.290 bits per heavy atom. The monoisotopic (exact) mass is 1960 g/mol. The molecule has 10 aromatic rings. The van der Waals surface area contributed by atoms with E-state index >= 15 is 0 Å². The molecule has 0 amide bonds. The number of nitrogens with zero attached hydrogens (tertiary/aromatic N) is 20. The topological polar surface area (TPSA) is 719 Å². The number of fused-ring (bicyclic) bond motifs is 5. The van der Waals surface area contributed by atoms with Gasteiger partial charge in [-0.2, -0.15) is 0 Å². The number of nitrogens with two attached hydrogens (primary N) is 5. The maximum atomic E-state index is 12.1. The number of methoxy groups -OCH3 is 8. The van der Waals surface area contributed by atoms with Crippen molar-refractivity contribution >= 4 is 123 Å². The molecule has 10 rings (SSSR count). The molecule has 0 aliphatic heterocycles. The highest BCUT2D eigenvalue weighted by molar-refractivity contribution is 7.53. The minimum atomic E-state index is -3.88. The molecular weight excluding hydrogens is 1840 g/mol. The Labute approximate surface area is 754 Å². The van der Waals surface area contributed by atoms with Crippen molar-refractivity contribution in [3.05, 3.63) is 63.3 Å². The van der Waals surface area contributed by atoms with Crippen molar-refractivity contribution < 1.29 is 141 Å². The highest BCUT2D eigenvalue weighted by Gasteiger charge is 2.30. The Bertz CT molecular complexity index is 5060. The second-order valence-electron chi connectivity index (χ2n) is 28.0. The maximum absolute atomic E-state index is 12.1. The molecular formula is C71H122N25O30P5. The Hall–Kier alpha value is -8.10. The molecule has 10 aromatic heterocycles. The van der Waals surface area contributed by atoms with Crippen molar-refractivity contribution in [2.45, 2.75) is 109 Å². The van der Waals surface area contributed by atoms with Crippen LogP contribution in [0.1, 0.15) is 40.0 Å². The Morgan fingerprint density at radius 3 is 0.725 bits per heavy atom. The summed E-state index contributed by atoms with van der Waals surface area (Å²) in [5, 5.41) is 0. The molecule has 0 radical (unpaired) electrons. The smallest absolute Gasteiger partial charge is 0.353 e. The molecule has 0 spiro atoms. The number of imidazole rings is 5. The second kappa shape index (κ2) is 58.9. The molecule has 10 atom stereocenters. The molecule has 736 valence electrons. The van der Waals surface area contributed by atoms with Gasteiger partial charge in [0.15, 0.2) is 57.3 Å². The van der Waals surface area contributed by atoms with Crippen molar-refractivity contribution in [2.75, 3.05) is 223 Å². The Morgan fingerprint density at radius 2 is 0.511 bits per heavy atom. The van der Waals surface area contributed by atoms with Crippen molar-refractivity contribution in [2.24, 2.45) is 0 Å². The largest absolute Gasteiger partial charge is 0.385 e. The molecule has 0 saturated heterocycles. The van der Waals surface area contributed by atoms with Crippen LogP contribution in [0.15, 0.2) is 63.3 Å². The molecule has 0 fully saturated rings. The lowest BCUT2D eigenvalue weighted by Crippen LogP contribution is -2.27. The fraction of sp³-hybridized carbons (Fsp3) is 0.648. The molecule has 55 nitrogen and oxygen atoms in total. The molecule has 0 bridgehead atoms. The van der Waals surface area contributed by atoms with Gasteiger partial charge in [0.1, 0.15) is 91.0 Å². The zero-order chi connectivity index (χ0) is 95.8. The SMILES string of the molecule is CCOCC(Cn1cnc2c(N)ncnc21)OCP(=O)(O)OCCCOC.COCCCOP(=O)(O)COC(COC(C)C)Cn1cnc2c(N)ncnc21.COCCCOP(=O)(O)CO[C@H](COC)Cn1cnc2c(N)ncnc21.COCCOP(=O)(O)CO[C@@H](COC)Cn1cnc2c(N)ncnc21.COCCOP(=O)(O)CO[C@H](COC)Cn1cnc2c(N)ncnc21. The van der Waals surface area contributed by atoms with Crippen molar-refractivity contribution in [3.63, 3.8) is 0 Å². The summed E-state index contributed by atoms with van der Waals surface area (Å²) in [5.41, 5.74) is 34.0. The summed E-state index contributed by atoms with van der Waals surface area (Å²) < 4.78 is 172. The first-order valence-corrected chi connectivity index (χ1v) is 49.1. The Balaban J connectivity index is 0.000000252. The zero-order valence-electron chi connectivity index (χ0n) is 74.8. The molecule has 0 aliphatic carbocycles. The average Bonchev–Trinajstić information content (AvgIpc) is 1.69. The van der Waals surface area contributed by atoms with Gasteiger partial charge in [-0.1, -0.05) is 0 Å². The predicted octanol–water partition coefficient (Wildman–Crippen LogP) is 3.57. The van der Waals surface area contributed by atoms with Gasteiger partial charge in [0.25, 0.3) is 0 Å². The normalized spacial score (nSPS) is 15.2. The first kappa shape index (κ1) is 112. The molecule has 0 aromatic carbocycles. The number of anilines is 5. The lowest BCUT2D eigenvalue weighted by molar-refractivity contribution is -0.0320. The van der Waals surface area contributed by atoms with E-state index in [1.807, 2.05) is 20.8 Å². The molecule has 0 aliphatic rings. The van der Waals surface area contributed by atoms with Gasteiger partial charge in [-0.15, -0.1) is 0 Å². The van der Waals surface area contributed by atoms with Gasteiger partial charge in [0, 0.05) is 83.3 Å². The lowest BCUT2D eigenvalue weighted by Gasteiger charge is -2.21. The third-order valence-electron chi connectivity index (χ3n) is 17.2. The fourth-order valence-corrected chi connectivity index (χ4v) is 15.4. The van der Waals surface area contributed by atoms with Crippen LogP contribution in [0.25, 0.3) is 55.8 Å². The van der Waals surface area contributed by atoms with E-state index in [2.05, 4.69) is 74.8 Å². The summed E-state index contributed by atoms with van der Waals surface area (Å²) in [7, 11) is -7.21. The van der Waals surface area contributed by atoms with E-state index in [1.54, 1.807) is 75.8 Å². The summed E-state index contributed by atoms with van der Waals surface area (Å²) in [6, 6.07) is 0. The van der Waals surface area contributed by atoms with Crippen molar-refractivity contribution in [1.82, 2.24) is 97.6 Å². The molecule has 131 heavy (non-hydrogen) atoms. The lowest BCUT2D eigenvalue weighted by atomic mass is 10.3. The molecule has 15 N–H and O–H groups in total. The third-order valence-corrected chi connectivity index (χ3v) is 22.5. The van der Waals surface area contributed by atoms with Crippen LogP contribution in [0.3, 0.4) is 0 Å². The summed E-state index contributed by atoms with van der Waals surface area (Å²) in [6.07, 6.45) is 11.3. The number of ether oxygens (including phenoxy) is 15. The van der Waals surface area contributed by atoms with E-state index < -0.39 is 100 Å². The van der Waals surface area contributed by atoms with Crippen LogP contribution in [0.5, 0.6) is 0 Å². The summed E-state index contributed by atoms with van der Waals surface area (Å²) in [5.74, 6) is 1.40. The average molecular weight is 1960 g/mol. The summed E-state index contributed by atoms with van der Waals surface area (Å²) >= 11 is 0. The van der Waals surface area contributed by atoms with Crippen LogP contribution in [0, 0.1) is 0 Å². The quantitative estimate of drug-likeness (QED) is 0.0192. The fourth-order valence-electron chi connectivity index (χ4n) is 11.1. The van der Waals surface area contributed by atoms with Crippen LogP contribution in [-0.4, -0.2) is 353 Å². The van der Waals surface area contributed by atoms with E-state index in [9.17, 15) is 47.3 Å². The van der Waals surface area contributed by atoms with Crippen molar-refractivity contribution in [3.8, 4) is 0 Å². The van der Waals surface area contributed by atoms with E-state index in [4.69, 9.17) is 122 Å². The van der Waals surface area contributed by atoms with E-state index in [1.165, 1.54) is 67.2 Å². The maximum Gasteiger partial charge on any atom is 0.353 e. The van der Waals surface area contributed by atoms with Gasteiger partial charge in [-0.25, -0.2) is 74.8 Å². The number of rotatable bonds is 60. The van der Waals surface area contributed by atoms with E-state index in [-0.39, 0.29) is 114 Å². The number of nitrogen functional groups attached to an aromatic ring is 5. The number of hydrogen-bond acceptors (Lipinski definition) is 45. The Kier molecular flexibility index (Phi) is 50.2. The zero-order valence-corrected chi connectivity index (χ0v) is 79.2. The first-order chi connectivity index (χ1) is 62.7.